The molecule has 106 valence electrons. The fourth-order valence-electron chi connectivity index (χ4n) is 2.09. The van der Waals surface area contributed by atoms with Gasteiger partial charge in [0.2, 0.25) is 5.88 Å². The number of aromatic amines is 1. The lowest BCUT2D eigenvalue weighted by Gasteiger charge is -2.06. The maximum absolute atomic E-state index is 13.2. The van der Waals surface area contributed by atoms with Gasteiger partial charge in [-0.15, -0.1) is 0 Å². The second-order valence-corrected chi connectivity index (χ2v) is 4.46. The molecule has 21 heavy (non-hydrogen) atoms. The summed E-state index contributed by atoms with van der Waals surface area (Å²) in [6.45, 7) is 0. The number of rotatable bonds is 2. The Labute approximate surface area is 118 Å². The molecule has 3 aromatic rings. The molecule has 3 rings (SSSR count). The van der Waals surface area contributed by atoms with Crippen molar-refractivity contribution in [2.45, 2.75) is 0 Å². The highest BCUT2D eigenvalue weighted by atomic mass is 19.1. The Morgan fingerprint density at radius 3 is 2.76 bits per heavy atom. The first-order valence-electron chi connectivity index (χ1n) is 6.14. The van der Waals surface area contributed by atoms with Gasteiger partial charge in [-0.05, 0) is 23.8 Å². The topological polar surface area (TPSA) is 83.8 Å². The van der Waals surface area contributed by atoms with E-state index in [0.29, 0.717) is 5.69 Å². The third-order valence-corrected chi connectivity index (χ3v) is 3.08. The van der Waals surface area contributed by atoms with Crippen molar-refractivity contribution in [3.05, 3.63) is 52.7 Å². The SMILES string of the molecule is Cn1nccc1-c1nc(O)c(-c2cccc(F)c2)c(=O)[nH]1. The van der Waals surface area contributed by atoms with E-state index in [1.165, 1.54) is 22.9 Å². The van der Waals surface area contributed by atoms with Crippen molar-refractivity contribution in [1.82, 2.24) is 19.7 Å². The quantitative estimate of drug-likeness (QED) is 0.750. The Bertz CT molecular complexity index is 869. The van der Waals surface area contributed by atoms with E-state index in [-0.39, 0.29) is 17.0 Å². The summed E-state index contributed by atoms with van der Waals surface area (Å²) in [6.07, 6.45) is 1.55. The number of benzene rings is 1. The minimum Gasteiger partial charge on any atom is -0.493 e. The van der Waals surface area contributed by atoms with Gasteiger partial charge in [0.15, 0.2) is 5.82 Å². The zero-order valence-corrected chi connectivity index (χ0v) is 11.0. The first-order valence-corrected chi connectivity index (χ1v) is 6.14. The van der Waals surface area contributed by atoms with Crippen molar-refractivity contribution in [2.24, 2.45) is 7.05 Å². The molecule has 0 aliphatic heterocycles. The molecular formula is C14H11FN4O2. The molecule has 0 aliphatic carbocycles. The van der Waals surface area contributed by atoms with E-state index in [9.17, 15) is 14.3 Å². The molecule has 0 atom stereocenters. The van der Waals surface area contributed by atoms with E-state index in [2.05, 4.69) is 15.1 Å². The van der Waals surface area contributed by atoms with Crippen molar-refractivity contribution in [3.63, 3.8) is 0 Å². The predicted octanol–water partition coefficient (Wildman–Crippen LogP) is 1.68. The van der Waals surface area contributed by atoms with Crippen molar-refractivity contribution in [3.8, 4) is 28.5 Å². The van der Waals surface area contributed by atoms with Gasteiger partial charge < -0.3 is 10.1 Å². The summed E-state index contributed by atoms with van der Waals surface area (Å²) in [5.74, 6) is -0.764. The van der Waals surface area contributed by atoms with Crippen molar-refractivity contribution < 1.29 is 9.50 Å². The molecule has 2 N–H and O–H groups in total. The number of halogens is 1. The second kappa shape index (κ2) is 4.86. The molecule has 0 unspecified atom stereocenters. The molecule has 2 aromatic heterocycles. The van der Waals surface area contributed by atoms with Crippen LogP contribution in [-0.4, -0.2) is 24.9 Å². The van der Waals surface area contributed by atoms with Crippen LogP contribution in [0.4, 0.5) is 4.39 Å². The number of aromatic nitrogens is 4. The molecule has 2 heterocycles. The van der Waals surface area contributed by atoms with Crippen LogP contribution in [0.15, 0.2) is 41.3 Å². The van der Waals surface area contributed by atoms with Crippen LogP contribution >= 0.6 is 0 Å². The van der Waals surface area contributed by atoms with Gasteiger partial charge in [0.25, 0.3) is 5.56 Å². The number of hydrogen-bond donors (Lipinski definition) is 2. The fraction of sp³-hybridized carbons (Fsp3) is 0.0714. The summed E-state index contributed by atoms with van der Waals surface area (Å²) in [5, 5.41) is 14.0. The molecule has 0 fully saturated rings. The van der Waals surface area contributed by atoms with Crippen LogP contribution in [0.3, 0.4) is 0 Å². The summed E-state index contributed by atoms with van der Waals surface area (Å²) >= 11 is 0. The third kappa shape index (κ3) is 2.29. The normalized spacial score (nSPS) is 10.8. The summed E-state index contributed by atoms with van der Waals surface area (Å²) < 4.78 is 14.8. The number of nitrogens with zero attached hydrogens (tertiary/aromatic N) is 3. The Morgan fingerprint density at radius 1 is 1.33 bits per heavy atom. The Morgan fingerprint density at radius 2 is 2.14 bits per heavy atom. The standard InChI is InChI=1S/C14H11FN4O2/c1-19-10(5-6-16-19)12-17-13(20)11(14(21)18-12)8-3-2-4-9(15)7-8/h2-7H,1H3,(H2,17,18,20,21). The first-order chi connectivity index (χ1) is 10.1. The Kier molecular flexibility index (Phi) is 3.02. The maximum atomic E-state index is 13.2. The average Bonchev–Trinajstić information content (AvgIpc) is 2.84. The number of aromatic hydroxyl groups is 1. The molecule has 0 saturated carbocycles. The van der Waals surface area contributed by atoms with E-state index in [4.69, 9.17) is 0 Å². The van der Waals surface area contributed by atoms with Gasteiger partial charge in [-0.2, -0.15) is 10.1 Å². The smallest absolute Gasteiger partial charge is 0.262 e. The van der Waals surface area contributed by atoms with E-state index in [1.54, 1.807) is 19.3 Å². The second-order valence-electron chi connectivity index (χ2n) is 4.46. The lowest BCUT2D eigenvalue weighted by Crippen LogP contribution is -2.13. The third-order valence-electron chi connectivity index (χ3n) is 3.08. The zero-order valence-electron chi connectivity index (χ0n) is 11.0. The predicted molar refractivity (Wildman–Crippen MR) is 74.1 cm³/mol. The van der Waals surface area contributed by atoms with Gasteiger partial charge in [-0.25, -0.2) is 4.39 Å². The van der Waals surface area contributed by atoms with E-state index in [1.807, 2.05) is 0 Å². The maximum Gasteiger partial charge on any atom is 0.262 e. The Hall–Kier alpha value is -2.96. The van der Waals surface area contributed by atoms with Crippen LogP contribution < -0.4 is 5.56 Å². The van der Waals surface area contributed by atoms with Crippen LogP contribution in [0, 0.1) is 5.82 Å². The van der Waals surface area contributed by atoms with Gasteiger partial charge in [0.05, 0.1) is 0 Å². The Balaban J connectivity index is 2.18. The van der Waals surface area contributed by atoms with Crippen LogP contribution in [-0.2, 0) is 7.05 Å². The van der Waals surface area contributed by atoms with Crippen molar-refractivity contribution >= 4 is 0 Å². The van der Waals surface area contributed by atoms with Gasteiger partial charge >= 0.3 is 0 Å². The van der Waals surface area contributed by atoms with Crippen LogP contribution in [0.25, 0.3) is 22.6 Å². The van der Waals surface area contributed by atoms with E-state index >= 15 is 0 Å². The van der Waals surface area contributed by atoms with Crippen LogP contribution in [0.1, 0.15) is 0 Å². The summed E-state index contributed by atoms with van der Waals surface area (Å²) in [5.41, 5.74) is 0.190. The minimum atomic E-state index is -0.552. The average molecular weight is 286 g/mol. The van der Waals surface area contributed by atoms with Crippen LogP contribution in [0.2, 0.25) is 0 Å². The molecular weight excluding hydrogens is 275 g/mol. The molecule has 0 spiro atoms. The molecule has 6 nitrogen and oxygen atoms in total. The van der Waals surface area contributed by atoms with Gasteiger partial charge in [0.1, 0.15) is 17.1 Å². The highest BCUT2D eigenvalue weighted by Crippen LogP contribution is 2.25. The zero-order chi connectivity index (χ0) is 15.0. The first kappa shape index (κ1) is 13.0. The molecule has 0 bridgehead atoms. The molecule has 0 radical (unpaired) electrons. The van der Waals surface area contributed by atoms with E-state index < -0.39 is 17.3 Å². The monoisotopic (exact) mass is 286 g/mol. The molecule has 0 saturated heterocycles. The molecule has 1 aromatic carbocycles. The van der Waals surface area contributed by atoms with Crippen molar-refractivity contribution in [2.75, 3.05) is 0 Å². The number of nitrogens with one attached hydrogen (secondary N) is 1. The number of H-pyrrole nitrogens is 1. The molecule has 7 heteroatoms. The summed E-state index contributed by atoms with van der Waals surface area (Å²) in [6, 6.07) is 7.05. The molecule has 0 aliphatic rings. The van der Waals surface area contributed by atoms with E-state index in [0.717, 1.165) is 6.07 Å². The lowest BCUT2D eigenvalue weighted by atomic mass is 10.1. The fourth-order valence-corrected chi connectivity index (χ4v) is 2.09. The molecule has 0 amide bonds. The number of hydrogen-bond acceptors (Lipinski definition) is 4. The van der Waals surface area contributed by atoms with Crippen LogP contribution in [0.5, 0.6) is 5.88 Å². The largest absolute Gasteiger partial charge is 0.493 e. The van der Waals surface area contributed by atoms with Gasteiger partial charge in [-0.3, -0.25) is 9.48 Å². The summed E-state index contributed by atoms with van der Waals surface area (Å²) in [7, 11) is 1.69. The lowest BCUT2D eigenvalue weighted by molar-refractivity contribution is 0.454. The highest BCUT2D eigenvalue weighted by Gasteiger charge is 2.15. The van der Waals surface area contributed by atoms with Gasteiger partial charge in [0, 0.05) is 13.2 Å². The van der Waals surface area contributed by atoms with Gasteiger partial charge in [-0.1, -0.05) is 12.1 Å². The number of aryl methyl sites for hydroxylation is 1. The van der Waals surface area contributed by atoms with Crippen molar-refractivity contribution in [1.29, 1.82) is 0 Å². The summed E-state index contributed by atoms with van der Waals surface area (Å²) in [4.78, 5) is 18.7. The highest BCUT2D eigenvalue weighted by molar-refractivity contribution is 5.68. The minimum absolute atomic E-state index is 0.0691.